The summed E-state index contributed by atoms with van der Waals surface area (Å²) in [6.07, 6.45) is -1.01. The minimum Gasteiger partial charge on any atom is -0.496 e. The van der Waals surface area contributed by atoms with Crippen molar-refractivity contribution in [3.63, 3.8) is 0 Å². The summed E-state index contributed by atoms with van der Waals surface area (Å²) in [4.78, 5) is 10.6. The zero-order valence-corrected chi connectivity index (χ0v) is 11.6. The van der Waals surface area contributed by atoms with Crippen LogP contribution >= 0.6 is 0 Å². The molecule has 0 aliphatic rings. The van der Waals surface area contributed by atoms with Crippen molar-refractivity contribution < 1.29 is 14.6 Å². The van der Waals surface area contributed by atoms with Gasteiger partial charge in [0.05, 0.1) is 7.11 Å². The quantitative estimate of drug-likeness (QED) is 0.865. The average molecular weight is 251 g/mol. The van der Waals surface area contributed by atoms with Crippen LogP contribution in [0.25, 0.3) is 0 Å². The molecule has 2 N–H and O–H groups in total. The SMILES string of the molecule is COc1c(C)cc(C)cc1C(C)(C)CNC(=O)O. The lowest BCUT2D eigenvalue weighted by Gasteiger charge is -2.28. The Morgan fingerprint density at radius 2 is 2.00 bits per heavy atom. The van der Waals surface area contributed by atoms with Gasteiger partial charge in [-0.1, -0.05) is 31.5 Å². The van der Waals surface area contributed by atoms with Crippen LogP contribution in [0.1, 0.15) is 30.5 Å². The van der Waals surface area contributed by atoms with Crippen LogP contribution in [0.4, 0.5) is 4.79 Å². The predicted molar refractivity (Wildman–Crippen MR) is 71.5 cm³/mol. The summed E-state index contributed by atoms with van der Waals surface area (Å²) in [6, 6.07) is 4.11. The van der Waals surface area contributed by atoms with Gasteiger partial charge in [-0.3, -0.25) is 0 Å². The van der Waals surface area contributed by atoms with Gasteiger partial charge < -0.3 is 15.2 Å². The first-order valence-corrected chi connectivity index (χ1v) is 5.90. The fraction of sp³-hybridized carbons (Fsp3) is 0.500. The van der Waals surface area contributed by atoms with E-state index in [1.807, 2.05) is 27.7 Å². The van der Waals surface area contributed by atoms with Gasteiger partial charge in [0.25, 0.3) is 0 Å². The van der Waals surface area contributed by atoms with Crippen LogP contribution in [-0.4, -0.2) is 24.9 Å². The first kappa shape index (κ1) is 14.4. The van der Waals surface area contributed by atoms with Gasteiger partial charge in [0.15, 0.2) is 0 Å². The van der Waals surface area contributed by atoms with Gasteiger partial charge in [-0.25, -0.2) is 4.79 Å². The van der Waals surface area contributed by atoms with Crippen LogP contribution in [0.2, 0.25) is 0 Å². The van der Waals surface area contributed by atoms with Crippen molar-refractivity contribution in [2.45, 2.75) is 33.1 Å². The summed E-state index contributed by atoms with van der Waals surface area (Å²) in [5, 5.41) is 11.2. The van der Waals surface area contributed by atoms with Crippen molar-refractivity contribution in [1.29, 1.82) is 0 Å². The van der Waals surface area contributed by atoms with Crippen LogP contribution in [0, 0.1) is 13.8 Å². The van der Waals surface area contributed by atoms with Crippen LogP contribution < -0.4 is 10.1 Å². The molecule has 100 valence electrons. The van der Waals surface area contributed by atoms with E-state index < -0.39 is 6.09 Å². The molecule has 0 radical (unpaired) electrons. The molecule has 1 aromatic rings. The number of nitrogens with one attached hydrogen (secondary N) is 1. The maximum Gasteiger partial charge on any atom is 0.404 e. The van der Waals surface area contributed by atoms with Crippen molar-refractivity contribution >= 4 is 6.09 Å². The Morgan fingerprint density at radius 3 is 2.50 bits per heavy atom. The Bertz CT molecular complexity index is 453. The lowest BCUT2D eigenvalue weighted by Crippen LogP contribution is -2.36. The summed E-state index contributed by atoms with van der Waals surface area (Å²) in [5.74, 6) is 0.831. The molecule has 0 saturated carbocycles. The topological polar surface area (TPSA) is 58.6 Å². The van der Waals surface area contributed by atoms with Crippen molar-refractivity contribution in [1.82, 2.24) is 5.32 Å². The van der Waals surface area contributed by atoms with E-state index in [0.717, 1.165) is 22.4 Å². The fourth-order valence-electron chi connectivity index (χ4n) is 2.12. The number of ether oxygens (including phenoxy) is 1. The molecule has 0 unspecified atom stereocenters. The Hall–Kier alpha value is -1.71. The monoisotopic (exact) mass is 251 g/mol. The highest BCUT2D eigenvalue weighted by Gasteiger charge is 2.26. The molecule has 0 atom stereocenters. The minimum absolute atomic E-state index is 0.319. The normalized spacial score (nSPS) is 11.2. The number of rotatable bonds is 4. The van der Waals surface area contributed by atoms with Gasteiger partial charge in [-0.15, -0.1) is 0 Å². The van der Waals surface area contributed by atoms with Gasteiger partial charge in [-0.2, -0.15) is 0 Å². The second-order valence-corrected chi connectivity index (χ2v) is 5.21. The van der Waals surface area contributed by atoms with Gasteiger partial charge in [-0.05, 0) is 19.4 Å². The lowest BCUT2D eigenvalue weighted by molar-refractivity contribution is 0.191. The van der Waals surface area contributed by atoms with Crippen LogP contribution in [0.5, 0.6) is 5.75 Å². The van der Waals surface area contributed by atoms with Gasteiger partial charge in [0.2, 0.25) is 0 Å². The van der Waals surface area contributed by atoms with Crippen LogP contribution in [0.15, 0.2) is 12.1 Å². The molecule has 18 heavy (non-hydrogen) atoms. The lowest BCUT2D eigenvalue weighted by atomic mass is 9.82. The van der Waals surface area contributed by atoms with E-state index in [4.69, 9.17) is 9.84 Å². The van der Waals surface area contributed by atoms with E-state index in [1.54, 1.807) is 7.11 Å². The number of hydrogen-bond acceptors (Lipinski definition) is 2. The van der Waals surface area contributed by atoms with Crippen molar-refractivity contribution in [2.75, 3.05) is 13.7 Å². The highest BCUT2D eigenvalue weighted by Crippen LogP contribution is 2.34. The van der Waals surface area contributed by atoms with Crippen LogP contribution in [-0.2, 0) is 5.41 Å². The van der Waals surface area contributed by atoms with Crippen LogP contribution in [0.3, 0.4) is 0 Å². The minimum atomic E-state index is -1.01. The maximum absolute atomic E-state index is 10.6. The van der Waals surface area contributed by atoms with Crippen molar-refractivity contribution in [2.24, 2.45) is 0 Å². The molecule has 1 amide bonds. The van der Waals surface area contributed by atoms with E-state index >= 15 is 0 Å². The fourth-order valence-corrected chi connectivity index (χ4v) is 2.12. The zero-order chi connectivity index (χ0) is 13.9. The number of amides is 1. The molecule has 0 aromatic heterocycles. The summed E-state index contributed by atoms with van der Waals surface area (Å²) in [6.45, 7) is 8.37. The maximum atomic E-state index is 10.6. The molecule has 1 rings (SSSR count). The van der Waals surface area contributed by atoms with Gasteiger partial charge in [0.1, 0.15) is 5.75 Å². The Morgan fingerprint density at radius 1 is 1.39 bits per heavy atom. The van der Waals surface area contributed by atoms with E-state index in [0.29, 0.717) is 6.54 Å². The number of carboxylic acid groups (broad SMARTS) is 1. The molecule has 4 nitrogen and oxygen atoms in total. The van der Waals surface area contributed by atoms with E-state index in [1.165, 1.54) is 0 Å². The summed E-state index contributed by atoms with van der Waals surface area (Å²) in [5.41, 5.74) is 2.92. The first-order valence-electron chi connectivity index (χ1n) is 5.90. The third-order valence-electron chi connectivity index (χ3n) is 3.03. The Kier molecular flexibility index (Phi) is 4.22. The molecule has 0 fully saturated rings. The summed E-state index contributed by atoms with van der Waals surface area (Å²) in [7, 11) is 1.64. The molecule has 1 aromatic carbocycles. The molecule has 0 aliphatic carbocycles. The molecule has 0 saturated heterocycles. The smallest absolute Gasteiger partial charge is 0.404 e. The van der Waals surface area contributed by atoms with Gasteiger partial charge >= 0.3 is 6.09 Å². The third-order valence-corrected chi connectivity index (χ3v) is 3.03. The predicted octanol–water partition coefficient (Wildman–Crippen LogP) is 2.86. The number of carbonyl (C=O) groups is 1. The molecule has 0 bridgehead atoms. The average Bonchev–Trinajstić information content (AvgIpc) is 2.25. The highest BCUT2D eigenvalue weighted by molar-refractivity contribution is 5.64. The first-order chi connectivity index (χ1) is 8.27. The highest BCUT2D eigenvalue weighted by atomic mass is 16.5. The molecular formula is C14H21NO3. The molecule has 4 heteroatoms. The number of methoxy groups -OCH3 is 1. The van der Waals surface area contributed by atoms with E-state index in [-0.39, 0.29) is 5.41 Å². The largest absolute Gasteiger partial charge is 0.496 e. The van der Waals surface area contributed by atoms with E-state index in [2.05, 4.69) is 17.4 Å². The summed E-state index contributed by atoms with van der Waals surface area (Å²) < 4.78 is 5.45. The standard InChI is InChI=1S/C14H21NO3/c1-9-6-10(2)12(18-5)11(7-9)14(3,4)8-15-13(16)17/h6-7,15H,8H2,1-5H3,(H,16,17). The second kappa shape index (κ2) is 5.29. The van der Waals surface area contributed by atoms with Gasteiger partial charge in [0, 0.05) is 17.5 Å². The Labute approximate surface area is 108 Å². The Balaban J connectivity index is 3.17. The van der Waals surface area contributed by atoms with Crippen molar-refractivity contribution in [3.8, 4) is 5.75 Å². The number of hydrogen-bond donors (Lipinski definition) is 2. The van der Waals surface area contributed by atoms with Crippen molar-refractivity contribution in [3.05, 3.63) is 28.8 Å². The second-order valence-electron chi connectivity index (χ2n) is 5.21. The molecule has 0 heterocycles. The number of aryl methyl sites for hydroxylation is 2. The summed E-state index contributed by atoms with van der Waals surface area (Å²) >= 11 is 0. The van der Waals surface area contributed by atoms with E-state index in [9.17, 15) is 4.79 Å². The number of benzene rings is 1. The molecule has 0 spiro atoms. The zero-order valence-electron chi connectivity index (χ0n) is 11.6. The molecule has 0 aliphatic heterocycles. The third kappa shape index (κ3) is 3.15. The molecular weight excluding hydrogens is 230 g/mol.